The van der Waals surface area contributed by atoms with E-state index in [0.29, 0.717) is 22.7 Å². The van der Waals surface area contributed by atoms with Crippen LogP contribution in [0.5, 0.6) is 0 Å². The summed E-state index contributed by atoms with van der Waals surface area (Å²) in [4.78, 5) is 5.49. The number of fused-ring (bicyclic) bond motifs is 1. The second-order valence-electron chi connectivity index (χ2n) is 6.97. The highest BCUT2D eigenvalue weighted by atomic mass is 35.5. The molecular formula is C19H23ClFN6O+. The predicted octanol–water partition coefficient (Wildman–Crippen LogP) is 1.79. The van der Waals surface area contributed by atoms with Gasteiger partial charge < -0.3 is 15.9 Å². The molecule has 28 heavy (non-hydrogen) atoms. The van der Waals surface area contributed by atoms with Crippen molar-refractivity contribution in [2.75, 3.05) is 13.1 Å². The van der Waals surface area contributed by atoms with E-state index in [1.807, 2.05) is 45.5 Å². The second kappa shape index (κ2) is 7.81. The molecule has 148 valence electrons. The molecule has 0 atom stereocenters. The molecular weight excluding hydrogens is 383 g/mol. The zero-order chi connectivity index (χ0) is 19.7. The molecule has 2 aromatic heterocycles. The molecule has 0 amide bonds. The zero-order valence-electron chi connectivity index (χ0n) is 15.6. The number of oxime groups is 1. The van der Waals surface area contributed by atoms with Crippen LogP contribution in [-0.2, 0) is 18.4 Å². The van der Waals surface area contributed by atoms with Gasteiger partial charge in [-0.15, -0.1) is 4.52 Å². The number of piperidine rings is 1. The van der Waals surface area contributed by atoms with Gasteiger partial charge in [-0.25, -0.2) is 13.6 Å². The van der Waals surface area contributed by atoms with Gasteiger partial charge in [0.2, 0.25) is 0 Å². The van der Waals surface area contributed by atoms with Crippen molar-refractivity contribution in [1.82, 2.24) is 14.5 Å². The van der Waals surface area contributed by atoms with Gasteiger partial charge in [-0.05, 0) is 38.1 Å². The Hall–Kier alpha value is -2.58. The molecule has 7 nitrogen and oxygen atoms in total. The molecule has 3 heterocycles. The molecule has 4 rings (SSSR count). The zero-order valence-corrected chi connectivity index (χ0v) is 16.4. The van der Waals surface area contributed by atoms with Gasteiger partial charge in [0.05, 0.1) is 5.02 Å². The number of nitrogens with zero attached hydrogens (tertiary/aromatic N) is 4. The standard InChI is InChI=1S/C19H23ClFN6O/c1-25-7-4-18-26(8-9-27(18)25)12-15-16(20)10-13(11-17(15)21)19(22)24-28-14-2-5-23-6-3-14/h4,7-11,14,23H,2-3,5-6,12H2,1H3,(H2,22,24)/q+1. The molecule has 0 spiro atoms. The fraction of sp³-hybridized carbons (Fsp3) is 0.368. The molecule has 9 heteroatoms. The molecule has 0 radical (unpaired) electrons. The summed E-state index contributed by atoms with van der Waals surface area (Å²) in [6, 6.07) is 4.94. The third kappa shape index (κ3) is 3.70. The number of nitrogens with one attached hydrogen (secondary N) is 1. The molecule has 0 unspecified atom stereocenters. The summed E-state index contributed by atoms with van der Waals surface area (Å²) in [6.45, 7) is 2.09. The van der Waals surface area contributed by atoms with Crippen molar-refractivity contribution in [1.29, 1.82) is 0 Å². The summed E-state index contributed by atoms with van der Waals surface area (Å²) in [7, 11) is 1.94. The third-order valence-electron chi connectivity index (χ3n) is 5.05. The lowest BCUT2D eigenvalue weighted by Crippen LogP contribution is -2.33. The van der Waals surface area contributed by atoms with Crippen LogP contribution >= 0.6 is 11.6 Å². The monoisotopic (exact) mass is 405 g/mol. The van der Waals surface area contributed by atoms with Crippen LogP contribution in [0.25, 0.3) is 5.65 Å². The van der Waals surface area contributed by atoms with Gasteiger partial charge in [-0.2, -0.15) is 0 Å². The SMILES string of the molecule is Cn1ccc2n1cc[n+]2Cc1c(F)cc(C(N)=NOC2CCNCC2)cc1Cl. The Balaban J connectivity index is 1.54. The van der Waals surface area contributed by atoms with Crippen LogP contribution in [0.2, 0.25) is 5.02 Å². The van der Waals surface area contributed by atoms with Crippen molar-refractivity contribution < 1.29 is 13.8 Å². The highest BCUT2D eigenvalue weighted by molar-refractivity contribution is 6.31. The van der Waals surface area contributed by atoms with Crippen LogP contribution in [0.3, 0.4) is 0 Å². The van der Waals surface area contributed by atoms with Crippen molar-refractivity contribution in [2.24, 2.45) is 17.9 Å². The van der Waals surface area contributed by atoms with E-state index in [-0.39, 0.29) is 11.9 Å². The molecule has 1 fully saturated rings. The minimum atomic E-state index is -0.426. The Morgan fingerprint density at radius 3 is 2.93 bits per heavy atom. The first-order chi connectivity index (χ1) is 13.5. The summed E-state index contributed by atoms with van der Waals surface area (Å²) in [5.74, 6) is -0.307. The van der Waals surface area contributed by atoms with E-state index in [2.05, 4.69) is 10.5 Å². The van der Waals surface area contributed by atoms with Crippen molar-refractivity contribution in [2.45, 2.75) is 25.5 Å². The number of halogens is 2. The quantitative estimate of drug-likeness (QED) is 0.294. The smallest absolute Gasteiger partial charge is 0.307 e. The summed E-state index contributed by atoms with van der Waals surface area (Å²) in [6.07, 6.45) is 7.51. The minimum absolute atomic E-state index is 0.0268. The van der Waals surface area contributed by atoms with Crippen molar-refractivity contribution in [3.05, 3.63) is 58.8 Å². The topological polar surface area (TPSA) is 72.9 Å². The molecule has 3 N–H and O–H groups in total. The fourth-order valence-electron chi connectivity index (χ4n) is 3.40. The number of aromatic nitrogens is 3. The van der Waals surface area contributed by atoms with Crippen LogP contribution in [0.1, 0.15) is 24.0 Å². The Morgan fingerprint density at radius 1 is 1.39 bits per heavy atom. The number of imidazole rings is 1. The average molecular weight is 406 g/mol. The van der Waals surface area contributed by atoms with E-state index in [1.54, 1.807) is 6.07 Å². The van der Waals surface area contributed by atoms with Gasteiger partial charge in [0.25, 0.3) is 0 Å². The number of aryl methyl sites for hydroxylation is 1. The molecule has 1 saturated heterocycles. The number of benzene rings is 1. The van der Waals surface area contributed by atoms with Crippen LogP contribution in [-0.4, -0.2) is 34.2 Å². The average Bonchev–Trinajstić information content (AvgIpc) is 3.26. The normalized spacial score (nSPS) is 16.0. The molecule has 0 bridgehead atoms. The van der Waals surface area contributed by atoms with Crippen LogP contribution < -0.4 is 15.6 Å². The van der Waals surface area contributed by atoms with E-state index < -0.39 is 5.82 Å². The van der Waals surface area contributed by atoms with Crippen LogP contribution in [0.15, 0.2) is 41.9 Å². The maximum absolute atomic E-state index is 14.8. The Morgan fingerprint density at radius 2 is 2.18 bits per heavy atom. The van der Waals surface area contributed by atoms with Gasteiger partial charge in [-0.1, -0.05) is 16.8 Å². The van der Waals surface area contributed by atoms with E-state index >= 15 is 0 Å². The molecule has 0 aliphatic carbocycles. The van der Waals surface area contributed by atoms with Gasteiger partial charge in [-0.3, -0.25) is 0 Å². The lowest BCUT2D eigenvalue weighted by molar-refractivity contribution is -0.662. The van der Waals surface area contributed by atoms with Gasteiger partial charge >= 0.3 is 5.65 Å². The predicted molar refractivity (Wildman–Crippen MR) is 105 cm³/mol. The molecule has 1 aliphatic heterocycles. The highest BCUT2D eigenvalue weighted by Crippen LogP contribution is 2.22. The van der Waals surface area contributed by atoms with E-state index in [4.69, 9.17) is 22.2 Å². The van der Waals surface area contributed by atoms with Crippen molar-refractivity contribution >= 4 is 23.1 Å². The first-order valence-electron chi connectivity index (χ1n) is 9.23. The Bertz CT molecular complexity index is 998. The number of hydrogen-bond donors (Lipinski definition) is 2. The number of amidine groups is 1. The van der Waals surface area contributed by atoms with Gasteiger partial charge in [0.15, 0.2) is 12.0 Å². The highest BCUT2D eigenvalue weighted by Gasteiger charge is 2.19. The Labute approximate surface area is 167 Å². The van der Waals surface area contributed by atoms with Crippen LogP contribution in [0.4, 0.5) is 4.39 Å². The molecule has 0 saturated carbocycles. The van der Waals surface area contributed by atoms with E-state index in [0.717, 1.165) is 31.6 Å². The molecule has 3 aromatic rings. The van der Waals surface area contributed by atoms with E-state index in [9.17, 15) is 4.39 Å². The third-order valence-corrected chi connectivity index (χ3v) is 5.38. The minimum Gasteiger partial charge on any atom is -0.391 e. The van der Waals surface area contributed by atoms with Crippen molar-refractivity contribution in [3.63, 3.8) is 0 Å². The lowest BCUT2D eigenvalue weighted by Gasteiger charge is -2.20. The number of hydrogen-bond acceptors (Lipinski definition) is 3. The number of rotatable bonds is 5. The lowest BCUT2D eigenvalue weighted by atomic mass is 10.1. The van der Waals surface area contributed by atoms with Crippen LogP contribution in [0, 0.1) is 5.82 Å². The van der Waals surface area contributed by atoms with E-state index in [1.165, 1.54) is 6.07 Å². The van der Waals surface area contributed by atoms with Crippen molar-refractivity contribution in [3.8, 4) is 0 Å². The molecule has 1 aromatic carbocycles. The maximum Gasteiger partial charge on any atom is 0.307 e. The first-order valence-corrected chi connectivity index (χ1v) is 9.61. The summed E-state index contributed by atoms with van der Waals surface area (Å²) >= 11 is 6.38. The maximum atomic E-state index is 14.8. The summed E-state index contributed by atoms with van der Waals surface area (Å²) in [5, 5.41) is 7.54. The largest absolute Gasteiger partial charge is 0.391 e. The molecule has 1 aliphatic rings. The fourth-order valence-corrected chi connectivity index (χ4v) is 3.67. The van der Waals surface area contributed by atoms with Gasteiger partial charge in [0.1, 0.15) is 24.7 Å². The Kier molecular flexibility index (Phi) is 5.23. The first kappa shape index (κ1) is 18.8. The second-order valence-corrected chi connectivity index (χ2v) is 7.38. The summed E-state index contributed by atoms with van der Waals surface area (Å²) < 4.78 is 20.6. The number of nitrogens with two attached hydrogens (primary N) is 1. The summed E-state index contributed by atoms with van der Waals surface area (Å²) in [5.41, 5.74) is 7.74. The van der Waals surface area contributed by atoms with Gasteiger partial charge in [0, 0.05) is 30.4 Å².